The van der Waals surface area contributed by atoms with Gasteiger partial charge in [-0.25, -0.2) is 0 Å². The third-order valence-corrected chi connectivity index (χ3v) is 7.04. The Morgan fingerprint density at radius 2 is 1.88 bits per heavy atom. The lowest BCUT2D eigenvalue weighted by Crippen LogP contribution is -2.51. The van der Waals surface area contributed by atoms with Crippen LogP contribution in [0.15, 0.2) is 18.2 Å². The van der Waals surface area contributed by atoms with Crippen molar-refractivity contribution in [3.05, 3.63) is 29.3 Å². The quantitative estimate of drug-likeness (QED) is 0.750. The van der Waals surface area contributed by atoms with Crippen molar-refractivity contribution in [2.24, 2.45) is 0 Å². The van der Waals surface area contributed by atoms with Gasteiger partial charge in [-0.05, 0) is 42.5 Å². The fraction of sp³-hybridized carbons (Fsp3) is 0.647. The molecule has 26 heavy (non-hydrogen) atoms. The van der Waals surface area contributed by atoms with Crippen LogP contribution in [-0.4, -0.2) is 44.8 Å². The molecule has 146 valence electrons. The van der Waals surface area contributed by atoms with E-state index in [1.807, 2.05) is 18.2 Å². The Balaban J connectivity index is 0.00000196. The van der Waals surface area contributed by atoms with Crippen molar-refractivity contribution in [1.29, 1.82) is 0 Å². The van der Waals surface area contributed by atoms with E-state index < -0.39 is 16.0 Å². The normalized spacial score (nSPS) is 25.6. The van der Waals surface area contributed by atoms with Crippen LogP contribution >= 0.6 is 12.4 Å². The predicted octanol–water partition coefficient (Wildman–Crippen LogP) is 1.74. The van der Waals surface area contributed by atoms with E-state index in [1.165, 1.54) is 4.31 Å². The second kappa shape index (κ2) is 7.61. The number of nitrogens with two attached hydrogens (primary N) is 1. The number of hydrogen-bond donors (Lipinski definition) is 2. The van der Waals surface area contributed by atoms with Crippen molar-refractivity contribution >= 4 is 28.3 Å². The van der Waals surface area contributed by atoms with Gasteiger partial charge in [0.05, 0.1) is 13.2 Å². The van der Waals surface area contributed by atoms with Crippen LogP contribution in [0.5, 0.6) is 0 Å². The van der Waals surface area contributed by atoms with Crippen molar-refractivity contribution < 1.29 is 17.9 Å². The zero-order valence-corrected chi connectivity index (χ0v) is 16.3. The largest absolute Gasteiger partial charge is 0.399 e. The van der Waals surface area contributed by atoms with Crippen LogP contribution in [0.25, 0.3) is 0 Å². The molecule has 2 aliphatic heterocycles. The highest BCUT2D eigenvalue weighted by molar-refractivity contribution is 7.87. The molecule has 7 nitrogen and oxygen atoms in total. The van der Waals surface area contributed by atoms with E-state index in [9.17, 15) is 8.42 Å². The van der Waals surface area contributed by atoms with Gasteiger partial charge in [0.15, 0.2) is 5.79 Å². The minimum absolute atomic E-state index is 0. The Kier molecular flexibility index (Phi) is 5.81. The molecule has 1 aromatic rings. The fourth-order valence-corrected chi connectivity index (χ4v) is 5.48. The van der Waals surface area contributed by atoms with Crippen molar-refractivity contribution in [3.63, 3.8) is 0 Å². The Labute approximate surface area is 160 Å². The summed E-state index contributed by atoms with van der Waals surface area (Å²) in [6, 6.07) is 5.55. The van der Waals surface area contributed by atoms with E-state index in [-0.39, 0.29) is 18.4 Å². The number of benzene rings is 1. The molecular formula is C17H26ClN3O4S. The lowest BCUT2D eigenvalue weighted by atomic mass is 9.88. The molecule has 0 saturated carbocycles. The van der Waals surface area contributed by atoms with Gasteiger partial charge in [0.2, 0.25) is 0 Å². The summed E-state index contributed by atoms with van der Waals surface area (Å²) in [5.41, 5.74) is 8.76. The molecule has 3 aliphatic rings. The number of rotatable bonds is 3. The summed E-state index contributed by atoms with van der Waals surface area (Å²) in [7, 11) is -3.54. The first-order chi connectivity index (χ1) is 12.0. The highest BCUT2D eigenvalue weighted by Crippen LogP contribution is 2.34. The van der Waals surface area contributed by atoms with Crippen molar-refractivity contribution in [2.75, 3.05) is 32.0 Å². The van der Waals surface area contributed by atoms with Gasteiger partial charge in [-0.1, -0.05) is 6.07 Å². The monoisotopic (exact) mass is 403 g/mol. The number of nitrogens with one attached hydrogen (secondary N) is 1. The van der Waals surface area contributed by atoms with Crippen molar-refractivity contribution in [3.8, 4) is 0 Å². The average molecular weight is 404 g/mol. The summed E-state index contributed by atoms with van der Waals surface area (Å²) < 4.78 is 41.4. The predicted molar refractivity (Wildman–Crippen MR) is 101 cm³/mol. The molecule has 4 rings (SSSR count). The van der Waals surface area contributed by atoms with Gasteiger partial charge in [-0.2, -0.15) is 17.4 Å². The van der Waals surface area contributed by atoms with Crippen LogP contribution in [0.3, 0.4) is 0 Å². The first-order valence-corrected chi connectivity index (χ1v) is 10.4. The summed E-state index contributed by atoms with van der Waals surface area (Å²) in [5.74, 6) is -0.568. The summed E-state index contributed by atoms with van der Waals surface area (Å²) in [6.45, 7) is 2.01. The standard InChI is InChI=1S/C17H25N3O4S.ClH/c18-14-4-5-15-13(12-14)2-1-3-16(15)19-25(21,22)20-8-6-17(7-9-20)23-10-11-24-17;/h4-5,12,16,19H,1-3,6-11,18H2;1H. The van der Waals surface area contributed by atoms with E-state index in [2.05, 4.69) is 4.72 Å². The lowest BCUT2D eigenvalue weighted by molar-refractivity contribution is -0.179. The molecule has 2 saturated heterocycles. The third-order valence-electron chi connectivity index (χ3n) is 5.41. The number of nitrogen functional groups attached to an aromatic ring is 1. The van der Waals surface area contributed by atoms with Crippen LogP contribution < -0.4 is 10.5 Å². The lowest BCUT2D eigenvalue weighted by Gasteiger charge is -2.37. The Morgan fingerprint density at radius 3 is 2.58 bits per heavy atom. The number of halogens is 1. The number of fused-ring (bicyclic) bond motifs is 1. The first kappa shape index (κ1) is 19.9. The summed E-state index contributed by atoms with van der Waals surface area (Å²) >= 11 is 0. The number of hydrogen-bond acceptors (Lipinski definition) is 5. The summed E-state index contributed by atoms with van der Waals surface area (Å²) in [6.07, 6.45) is 3.85. The zero-order chi connectivity index (χ0) is 17.5. The molecule has 3 N–H and O–H groups in total. The number of piperidine rings is 1. The van der Waals surface area contributed by atoms with Gasteiger partial charge in [-0.3, -0.25) is 0 Å². The molecule has 1 spiro atoms. The van der Waals surface area contributed by atoms with Gasteiger partial charge in [0, 0.05) is 37.7 Å². The molecule has 2 fully saturated rings. The second-order valence-electron chi connectivity index (χ2n) is 7.03. The number of ether oxygens (including phenoxy) is 2. The van der Waals surface area contributed by atoms with E-state index >= 15 is 0 Å². The molecule has 0 bridgehead atoms. The highest BCUT2D eigenvalue weighted by atomic mass is 35.5. The van der Waals surface area contributed by atoms with Crippen LogP contribution in [0, 0.1) is 0 Å². The first-order valence-electron chi connectivity index (χ1n) is 8.91. The minimum Gasteiger partial charge on any atom is -0.399 e. The van der Waals surface area contributed by atoms with Crippen molar-refractivity contribution in [1.82, 2.24) is 9.03 Å². The van der Waals surface area contributed by atoms with E-state index in [0.29, 0.717) is 39.1 Å². The fourth-order valence-electron chi connectivity index (χ4n) is 4.06. The smallest absolute Gasteiger partial charge is 0.280 e. The number of nitrogens with zero attached hydrogens (tertiary/aromatic N) is 1. The summed E-state index contributed by atoms with van der Waals surface area (Å²) in [4.78, 5) is 0. The number of anilines is 1. The maximum Gasteiger partial charge on any atom is 0.280 e. The molecule has 1 unspecified atom stereocenters. The van der Waals surface area contributed by atoms with E-state index in [0.717, 1.165) is 36.1 Å². The molecule has 9 heteroatoms. The molecule has 0 amide bonds. The minimum atomic E-state index is -3.54. The van der Waals surface area contributed by atoms with Crippen LogP contribution in [-0.2, 0) is 26.1 Å². The molecule has 0 radical (unpaired) electrons. The molecule has 0 aromatic heterocycles. The molecule has 1 aromatic carbocycles. The second-order valence-corrected chi connectivity index (χ2v) is 8.73. The maximum absolute atomic E-state index is 12.8. The SMILES string of the molecule is Cl.Nc1ccc2c(c1)CCCC2NS(=O)(=O)N1CCC2(CC1)OCCO2. The maximum atomic E-state index is 12.8. The third kappa shape index (κ3) is 3.85. The molecular weight excluding hydrogens is 378 g/mol. The van der Waals surface area contributed by atoms with Crippen LogP contribution in [0.4, 0.5) is 5.69 Å². The van der Waals surface area contributed by atoms with Gasteiger partial charge < -0.3 is 15.2 Å². The van der Waals surface area contributed by atoms with Gasteiger partial charge >= 0.3 is 0 Å². The Hall–Kier alpha value is -0.900. The topological polar surface area (TPSA) is 93.9 Å². The summed E-state index contributed by atoms with van der Waals surface area (Å²) in [5, 5.41) is 0. The molecule has 2 heterocycles. The Bertz CT molecular complexity index is 742. The van der Waals surface area contributed by atoms with Gasteiger partial charge in [-0.15, -0.1) is 12.4 Å². The molecule has 1 atom stereocenters. The highest BCUT2D eigenvalue weighted by Gasteiger charge is 2.42. The number of aryl methyl sites for hydroxylation is 1. The van der Waals surface area contributed by atoms with Gasteiger partial charge in [0.1, 0.15) is 0 Å². The van der Waals surface area contributed by atoms with Crippen LogP contribution in [0.1, 0.15) is 42.9 Å². The van der Waals surface area contributed by atoms with Gasteiger partial charge in [0.25, 0.3) is 10.2 Å². The average Bonchev–Trinajstić information content (AvgIpc) is 3.03. The van der Waals surface area contributed by atoms with Crippen molar-refractivity contribution in [2.45, 2.75) is 43.9 Å². The van der Waals surface area contributed by atoms with Crippen LogP contribution in [0.2, 0.25) is 0 Å². The zero-order valence-electron chi connectivity index (χ0n) is 14.6. The Morgan fingerprint density at radius 1 is 1.19 bits per heavy atom. The van der Waals surface area contributed by atoms with E-state index in [4.69, 9.17) is 15.2 Å². The molecule has 1 aliphatic carbocycles. The van der Waals surface area contributed by atoms with E-state index in [1.54, 1.807) is 0 Å².